The summed E-state index contributed by atoms with van der Waals surface area (Å²) in [4.78, 5) is 39.6. The Bertz CT molecular complexity index is 1050. The van der Waals surface area contributed by atoms with Crippen molar-refractivity contribution in [1.29, 1.82) is 0 Å². The zero-order valence-electron chi connectivity index (χ0n) is 17.7. The first-order valence-electron chi connectivity index (χ1n) is 10.3. The molecule has 4 rings (SSSR count). The number of methoxy groups -OCH3 is 1. The summed E-state index contributed by atoms with van der Waals surface area (Å²) in [6.07, 6.45) is 0.763. The summed E-state index contributed by atoms with van der Waals surface area (Å²) in [6.45, 7) is 4.22. The number of hydrogen-bond donors (Lipinski definition) is 2. The Kier molecular flexibility index (Phi) is 5.54. The Morgan fingerprint density at radius 2 is 2.03 bits per heavy atom. The molecule has 1 saturated heterocycles. The molecule has 2 aromatic carbocycles. The van der Waals surface area contributed by atoms with Gasteiger partial charge in [0.05, 0.1) is 29.7 Å². The van der Waals surface area contributed by atoms with Gasteiger partial charge in [0.2, 0.25) is 5.91 Å². The fourth-order valence-corrected chi connectivity index (χ4v) is 3.99. The van der Waals surface area contributed by atoms with E-state index in [0.29, 0.717) is 17.1 Å². The van der Waals surface area contributed by atoms with Crippen LogP contribution in [0.25, 0.3) is 0 Å². The molecule has 2 atom stereocenters. The number of amides is 2. The highest BCUT2D eigenvalue weighted by atomic mass is 16.5. The summed E-state index contributed by atoms with van der Waals surface area (Å²) in [6, 6.07) is 10.3. The summed E-state index contributed by atoms with van der Waals surface area (Å²) in [5.74, 6) is -0.652. The van der Waals surface area contributed by atoms with Crippen LogP contribution >= 0.6 is 0 Å². The molecule has 0 saturated carbocycles. The predicted octanol–water partition coefficient (Wildman–Crippen LogP) is 3.11. The predicted molar refractivity (Wildman–Crippen MR) is 117 cm³/mol. The summed E-state index contributed by atoms with van der Waals surface area (Å²) in [5.41, 5.74) is 3.21. The van der Waals surface area contributed by atoms with Crippen molar-refractivity contribution in [3.63, 3.8) is 0 Å². The van der Waals surface area contributed by atoms with E-state index in [2.05, 4.69) is 15.5 Å². The molecule has 0 unspecified atom stereocenters. The maximum atomic E-state index is 12.6. The first-order chi connectivity index (χ1) is 14.9. The van der Waals surface area contributed by atoms with Crippen molar-refractivity contribution in [3.8, 4) is 5.75 Å². The number of rotatable bonds is 5. The standard InChI is InChI=1S/C23H25N3O5/c1-13-6-9-20(30-3)17(11-13)25-21(27)14(2)31-23(29)15-7-8-18-16(12-15)24-22(28)19-5-4-10-26(18)19/h6-9,11-12,14,19H,4-5,10H2,1-3H3,(H,24,28)(H,25,27)/t14-,19-/m1/s1. The molecule has 2 amide bonds. The lowest BCUT2D eigenvalue weighted by molar-refractivity contribution is -0.123. The molecule has 162 valence electrons. The molecule has 2 aliphatic rings. The molecular weight excluding hydrogens is 398 g/mol. The van der Waals surface area contributed by atoms with Gasteiger partial charge in [0.15, 0.2) is 6.10 Å². The number of aryl methyl sites for hydroxylation is 1. The van der Waals surface area contributed by atoms with Gasteiger partial charge in [0, 0.05) is 6.54 Å². The minimum Gasteiger partial charge on any atom is -0.495 e. The number of anilines is 3. The average Bonchev–Trinajstić information content (AvgIpc) is 3.24. The Labute approximate surface area is 180 Å². The summed E-state index contributed by atoms with van der Waals surface area (Å²) in [7, 11) is 1.52. The SMILES string of the molecule is COc1ccc(C)cc1NC(=O)[C@@H](C)OC(=O)c1ccc2c(c1)NC(=O)[C@H]1CCCN21. The van der Waals surface area contributed by atoms with Gasteiger partial charge in [-0.2, -0.15) is 0 Å². The van der Waals surface area contributed by atoms with Gasteiger partial charge in [-0.25, -0.2) is 4.79 Å². The lowest BCUT2D eigenvalue weighted by atomic mass is 10.1. The lowest BCUT2D eigenvalue weighted by Gasteiger charge is -2.33. The van der Waals surface area contributed by atoms with E-state index in [-0.39, 0.29) is 17.5 Å². The third-order valence-electron chi connectivity index (χ3n) is 5.62. The second-order valence-electron chi connectivity index (χ2n) is 7.81. The van der Waals surface area contributed by atoms with Crippen LogP contribution in [0.2, 0.25) is 0 Å². The van der Waals surface area contributed by atoms with Crippen molar-refractivity contribution in [2.75, 3.05) is 29.2 Å². The minimum absolute atomic E-state index is 0.0598. The van der Waals surface area contributed by atoms with E-state index in [0.717, 1.165) is 30.6 Å². The van der Waals surface area contributed by atoms with E-state index in [1.54, 1.807) is 24.3 Å². The quantitative estimate of drug-likeness (QED) is 0.718. The second-order valence-corrected chi connectivity index (χ2v) is 7.81. The molecule has 8 heteroatoms. The van der Waals surface area contributed by atoms with Gasteiger partial charge in [0.1, 0.15) is 11.8 Å². The maximum absolute atomic E-state index is 12.6. The normalized spacial score (nSPS) is 17.8. The van der Waals surface area contributed by atoms with Crippen LogP contribution in [0.4, 0.5) is 17.1 Å². The van der Waals surface area contributed by atoms with Crippen molar-refractivity contribution >= 4 is 34.8 Å². The van der Waals surface area contributed by atoms with Gasteiger partial charge in [-0.3, -0.25) is 9.59 Å². The monoisotopic (exact) mass is 423 g/mol. The lowest BCUT2D eigenvalue weighted by Crippen LogP contribution is -2.43. The van der Waals surface area contributed by atoms with Crippen LogP contribution in [0.5, 0.6) is 5.75 Å². The first-order valence-corrected chi connectivity index (χ1v) is 10.3. The average molecular weight is 423 g/mol. The molecule has 0 spiro atoms. The highest BCUT2D eigenvalue weighted by Gasteiger charge is 2.36. The summed E-state index contributed by atoms with van der Waals surface area (Å²) < 4.78 is 10.6. The number of hydrogen-bond acceptors (Lipinski definition) is 6. The Hall–Kier alpha value is -3.55. The van der Waals surface area contributed by atoms with Gasteiger partial charge in [-0.15, -0.1) is 0 Å². The van der Waals surface area contributed by atoms with Gasteiger partial charge in [-0.05, 0) is 62.6 Å². The molecule has 0 bridgehead atoms. The molecule has 0 aliphatic carbocycles. The van der Waals surface area contributed by atoms with Crippen LogP contribution in [-0.2, 0) is 14.3 Å². The Balaban J connectivity index is 1.45. The van der Waals surface area contributed by atoms with Crippen LogP contribution < -0.4 is 20.3 Å². The van der Waals surface area contributed by atoms with Crippen LogP contribution in [0.15, 0.2) is 36.4 Å². The number of nitrogens with one attached hydrogen (secondary N) is 2. The van der Waals surface area contributed by atoms with Crippen LogP contribution in [0.3, 0.4) is 0 Å². The fraction of sp³-hybridized carbons (Fsp3) is 0.348. The zero-order valence-corrected chi connectivity index (χ0v) is 17.7. The largest absolute Gasteiger partial charge is 0.495 e. The van der Waals surface area contributed by atoms with E-state index in [1.807, 2.05) is 19.1 Å². The number of benzene rings is 2. The minimum atomic E-state index is -1.02. The van der Waals surface area contributed by atoms with E-state index < -0.39 is 18.0 Å². The van der Waals surface area contributed by atoms with Gasteiger partial charge < -0.3 is 25.0 Å². The number of carbonyl (C=O) groups is 3. The molecule has 2 N–H and O–H groups in total. The van der Waals surface area contributed by atoms with E-state index in [9.17, 15) is 14.4 Å². The van der Waals surface area contributed by atoms with Crippen molar-refractivity contribution in [2.45, 2.75) is 38.8 Å². The van der Waals surface area contributed by atoms with E-state index in [4.69, 9.17) is 9.47 Å². The molecule has 2 aromatic rings. The van der Waals surface area contributed by atoms with Gasteiger partial charge in [0.25, 0.3) is 5.91 Å². The maximum Gasteiger partial charge on any atom is 0.338 e. The second kappa shape index (κ2) is 8.29. The third-order valence-corrected chi connectivity index (χ3v) is 5.62. The highest BCUT2D eigenvalue weighted by Crippen LogP contribution is 2.37. The Morgan fingerprint density at radius 1 is 1.23 bits per heavy atom. The van der Waals surface area contributed by atoms with Crippen molar-refractivity contribution < 1.29 is 23.9 Å². The summed E-state index contributed by atoms with van der Waals surface area (Å²) in [5, 5.41) is 5.61. The number of ether oxygens (including phenoxy) is 2. The molecular formula is C23H25N3O5. The Morgan fingerprint density at radius 3 is 2.81 bits per heavy atom. The van der Waals surface area contributed by atoms with E-state index in [1.165, 1.54) is 14.0 Å². The number of carbonyl (C=O) groups excluding carboxylic acids is 3. The smallest absolute Gasteiger partial charge is 0.338 e. The molecule has 2 heterocycles. The van der Waals surface area contributed by atoms with Gasteiger partial charge >= 0.3 is 5.97 Å². The number of fused-ring (bicyclic) bond motifs is 3. The van der Waals surface area contributed by atoms with Crippen molar-refractivity contribution in [3.05, 3.63) is 47.5 Å². The molecule has 2 aliphatic heterocycles. The van der Waals surface area contributed by atoms with Crippen LogP contribution in [0.1, 0.15) is 35.7 Å². The van der Waals surface area contributed by atoms with Crippen LogP contribution in [-0.4, -0.2) is 43.6 Å². The third kappa shape index (κ3) is 4.05. The van der Waals surface area contributed by atoms with Crippen molar-refractivity contribution in [1.82, 2.24) is 0 Å². The molecule has 1 fully saturated rings. The highest BCUT2D eigenvalue weighted by molar-refractivity contribution is 6.06. The zero-order chi connectivity index (χ0) is 22.1. The molecule has 31 heavy (non-hydrogen) atoms. The first kappa shape index (κ1) is 20.7. The number of esters is 1. The molecule has 0 aromatic heterocycles. The van der Waals surface area contributed by atoms with Crippen LogP contribution in [0, 0.1) is 6.92 Å². The van der Waals surface area contributed by atoms with E-state index >= 15 is 0 Å². The molecule has 8 nitrogen and oxygen atoms in total. The topological polar surface area (TPSA) is 97.0 Å². The van der Waals surface area contributed by atoms with Crippen molar-refractivity contribution in [2.24, 2.45) is 0 Å². The summed E-state index contributed by atoms with van der Waals surface area (Å²) >= 11 is 0. The number of nitrogens with zero attached hydrogens (tertiary/aromatic N) is 1. The molecule has 0 radical (unpaired) electrons. The fourth-order valence-electron chi connectivity index (χ4n) is 3.99. The van der Waals surface area contributed by atoms with Gasteiger partial charge in [-0.1, -0.05) is 6.07 Å².